The first-order chi connectivity index (χ1) is 28.6. The van der Waals surface area contributed by atoms with E-state index >= 15 is 0 Å². The zero-order chi connectivity index (χ0) is 44.3. The minimum atomic E-state index is -0.295. The smallest absolute Gasteiger partial charge is 0.255 e. The summed E-state index contributed by atoms with van der Waals surface area (Å²) < 4.78 is 0.639. The summed E-state index contributed by atoms with van der Waals surface area (Å²) in [6.45, 7) is 20.3. The van der Waals surface area contributed by atoms with E-state index < -0.39 is 0 Å². The van der Waals surface area contributed by atoms with Gasteiger partial charge in [0.25, 0.3) is 11.8 Å². The number of rotatable bonds is 4. The zero-order valence-corrected chi connectivity index (χ0v) is 37.2. The monoisotopic (exact) mass is 865 g/mol. The highest BCUT2D eigenvalue weighted by atomic mass is 35.5. The highest BCUT2D eigenvalue weighted by molar-refractivity contribution is 6.37. The Labute approximate surface area is 363 Å². The van der Waals surface area contributed by atoms with Crippen molar-refractivity contribution in [1.82, 2.24) is 45.0 Å². The number of fused-ring (bicyclic) bond motifs is 4. The van der Waals surface area contributed by atoms with Crippen LogP contribution in [0.1, 0.15) is 124 Å². The number of carbonyl (C=O) groups excluding carboxylic acids is 4. The Balaban J connectivity index is 0.000000156. The van der Waals surface area contributed by atoms with Gasteiger partial charge in [0.2, 0.25) is 11.8 Å². The van der Waals surface area contributed by atoms with Crippen molar-refractivity contribution < 1.29 is 19.2 Å². The predicted molar refractivity (Wildman–Crippen MR) is 239 cm³/mol. The summed E-state index contributed by atoms with van der Waals surface area (Å²) in [4.78, 5) is 70.9. The van der Waals surface area contributed by atoms with Crippen LogP contribution >= 0.6 is 23.4 Å². The minimum Gasteiger partial charge on any atom is -0.364 e. The number of anilines is 2. The maximum atomic E-state index is 12.2. The Hall–Kier alpha value is -6.06. The average molecular weight is 867 g/mol. The molecule has 4 aromatic heterocycles. The number of aryl methyl sites for hydroxylation is 2. The van der Waals surface area contributed by atoms with Gasteiger partial charge in [-0.2, -0.15) is 4.42 Å². The van der Waals surface area contributed by atoms with Gasteiger partial charge in [-0.15, -0.1) is 0 Å². The quantitative estimate of drug-likeness (QED) is 0.0734. The number of hydrogen-bond acceptors (Lipinski definition) is 10. The van der Waals surface area contributed by atoms with Gasteiger partial charge in [0.05, 0.1) is 67.7 Å². The number of nitrogens with zero attached hydrogens (tertiary/aromatic N) is 5. The lowest BCUT2D eigenvalue weighted by molar-refractivity contribution is -0.132. The fourth-order valence-electron chi connectivity index (χ4n) is 7.31. The second-order valence-electron chi connectivity index (χ2n) is 17.5. The standard InChI is InChI=1S/C20H22ClN5O.C20H23N5O.C4H4ClNO2/c1-9-15-13(19(27)23-9)14(21)17(24-15)11-7-6-8-12-16(11)25-18(10(2)22-12)26-20(3,4)5;1-10-16-13(19(26)22-10)9-15(23-16)12-7-6-8-14-17(12)24-18(11(2)21-14)25-20(3,4)5;5-6-3(7)1-2-4(6)8/h6-9,24H,1-5H3,(H,23,27)(H,25,26);6-10,23H,1-5H3,(H,22,26)(H,24,25);1-2H2/t9-;10-;/m11./s1. The average Bonchev–Trinajstić information content (AvgIpc) is 3.96. The topological polar surface area (TPSA) is 203 Å². The van der Waals surface area contributed by atoms with E-state index in [0.717, 1.165) is 73.3 Å². The van der Waals surface area contributed by atoms with Crippen molar-refractivity contribution in [2.24, 2.45) is 0 Å². The number of aromatic nitrogens is 6. The summed E-state index contributed by atoms with van der Waals surface area (Å²) >= 11 is 11.7. The van der Waals surface area contributed by atoms with Crippen LogP contribution in [0.2, 0.25) is 5.02 Å². The van der Waals surface area contributed by atoms with Crippen LogP contribution < -0.4 is 21.3 Å². The molecule has 0 unspecified atom stereocenters. The van der Waals surface area contributed by atoms with E-state index in [1.54, 1.807) is 0 Å². The fourth-order valence-corrected chi connectivity index (χ4v) is 7.81. The summed E-state index contributed by atoms with van der Waals surface area (Å²) in [5.41, 5.74) is 11.0. The normalized spacial score (nSPS) is 17.1. The largest absolute Gasteiger partial charge is 0.364 e. The van der Waals surface area contributed by atoms with Crippen LogP contribution in [0, 0.1) is 13.8 Å². The lowest BCUT2D eigenvalue weighted by Crippen LogP contribution is -2.27. The maximum Gasteiger partial charge on any atom is 0.255 e. The number of H-pyrrole nitrogens is 2. The first-order valence-electron chi connectivity index (χ1n) is 20.0. The molecule has 15 nitrogen and oxygen atoms in total. The molecule has 6 N–H and O–H groups in total. The number of hydrogen-bond donors (Lipinski definition) is 6. The number of imide groups is 1. The lowest BCUT2D eigenvalue weighted by Gasteiger charge is -2.22. The number of nitrogens with one attached hydrogen (secondary N) is 6. The summed E-state index contributed by atoms with van der Waals surface area (Å²) in [6.07, 6.45) is 0.532. The van der Waals surface area contributed by atoms with Crippen LogP contribution in [-0.2, 0) is 9.59 Å². The molecule has 2 aromatic carbocycles. The molecular formula is C44H49Cl2N11O4. The van der Waals surface area contributed by atoms with Crippen molar-refractivity contribution in [3.63, 3.8) is 0 Å². The van der Waals surface area contributed by atoms with Crippen molar-refractivity contribution in [2.45, 2.75) is 105 Å². The Morgan fingerprint density at radius 3 is 1.64 bits per heavy atom. The van der Waals surface area contributed by atoms with Gasteiger partial charge in [-0.3, -0.25) is 19.2 Å². The van der Waals surface area contributed by atoms with E-state index in [-0.39, 0.29) is 59.6 Å². The Morgan fingerprint density at radius 2 is 1.16 bits per heavy atom. The van der Waals surface area contributed by atoms with Crippen molar-refractivity contribution >= 4 is 80.7 Å². The van der Waals surface area contributed by atoms with E-state index in [0.29, 0.717) is 26.3 Å². The molecule has 0 saturated carbocycles. The molecule has 3 aliphatic heterocycles. The van der Waals surface area contributed by atoms with E-state index in [9.17, 15) is 19.2 Å². The molecule has 0 bridgehead atoms. The van der Waals surface area contributed by atoms with Gasteiger partial charge < -0.3 is 31.2 Å². The summed E-state index contributed by atoms with van der Waals surface area (Å²) in [6, 6.07) is 13.5. The van der Waals surface area contributed by atoms with E-state index in [4.69, 9.17) is 43.3 Å². The predicted octanol–water partition coefficient (Wildman–Crippen LogP) is 8.84. The Morgan fingerprint density at radius 1 is 0.672 bits per heavy atom. The zero-order valence-electron chi connectivity index (χ0n) is 35.7. The molecule has 1 fully saturated rings. The second kappa shape index (κ2) is 16.1. The molecule has 17 heteroatoms. The fraction of sp³-hybridized carbons (Fsp3) is 0.364. The van der Waals surface area contributed by atoms with Crippen LogP contribution in [0.5, 0.6) is 0 Å². The molecule has 0 aliphatic carbocycles. The number of carbonyl (C=O) groups is 4. The van der Waals surface area contributed by atoms with Gasteiger partial charge in [0.1, 0.15) is 22.7 Å². The molecule has 318 valence electrons. The number of amides is 4. The SMILES string of the molecule is Cc1nc2cccc(-c3[nH]c4c(c3Cl)C(=O)N[C@@H]4C)c2nc1NC(C)(C)C.Cc1nc2cccc(-c3cc4c([nH]3)[C@@H](C)NC4=O)c2nc1NC(C)(C)C.O=C1CCC(=O)N1Cl. The molecule has 0 spiro atoms. The van der Waals surface area contributed by atoms with E-state index in [1.165, 1.54) is 0 Å². The highest BCUT2D eigenvalue weighted by Crippen LogP contribution is 2.40. The summed E-state index contributed by atoms with van der Waals surface area (Å²) in [5, 5.41) is 13.0. The van der Waals surface area contributed by atoms with Crippen molar-refractivity contribution in [3.05, 3.63) is 81.4 Å². The molecular weight excluding hydrogens is 817 g/mol. The molecule has 9 rings (SSSR count). The third kappa shape index (κ3) is 8.75. The van der Waals surface area contributed by atoms with Gasteiger partial charge >= 0.3 is 0 Å². The van der Waals surface area contributed by atoms with Gasteiger partial charge in [0.15, 0.2) is 0 Å². The Kier molecular flexibility index (Phi) is 11.4. The van der Waals surface area contributed by atoms with E-state index in [1.807, 2.05) is 70.2 Å². The first-order valence-corrected chi connectivity index (χ1v) is 20.7. The maximum absolute atomic E-state index is 12.2. The van der Waals surface area contributed by atoms with Gasteiger partial charge in [0, 0.05) is 52.5 Å². The molecule has 1 saturated heterocycles. The number of para-hydroxylation sites is 2. The van der Waals surface area contributed by atoms with Crippen LogP contribution in [-0.4, -0.2) is 69.0 Å². The van der Waals surface area contributed by atoms with Crippen LogP contribution in [0.4, 0.5) is 11.6 Å². The summed E-state index contributed by atoms with van der Waals surface area (Å²) in [7, 11) is 0. The van der Waals surface area contributed by atoms with Gasteiger partial charge in [-0.25, -0.2) is 19.9 Å². The van der Waals surface area contributed by atoms with Crippen molar-refractivity contribution in [3.8, 4) is 22.5 Å². The molecule has 2 atom stereocenters. The third-order valence-corrected chi connectivity index (χ3v) is 10.9. The lowest BCUT2D eigenvalue weighted by atomic mass is 10.1. The van der Waals surface area contributed by atoms with Crippen LogP contribution in [0.3, 0.4) is 0 Å². The van der Waals surface area contributed by atoms with Gasteiger partial charge in [-0.1, -0.05) is 35.9 Å². The van der Waals surface area contributed by atoms with Crippen molar-refractivity contribution in [1.29, 1.82) is 0 Å². The minimum absolute atomic E-state index is 0.00678. The van der Waals surface area contributed by atoms with Crippen LogP contribution in [0.15, 0.2) is 42.5 Å². The van der Waals surface area contributed by atoms with Gasteiger partial charge in [-0.05, 0) is 87.4 Å². The molecule has 61 heavy (non-hydrogen) atoms. The number of halogens is 2. The molecule has 6 aromatic rings. The van der Waals surface area contributed by atoms with Crippen molar-refractivity contribution in [2.75, 3.05) is 10.6 Å². The second-order valence-corrected chi connectivity index (χ2v) is 18.2. The first kappa shape index (κ1) is 43.0. The molecule has 3 aliphatic rings. The molecule has 7 heterocycles. The third-order valence-electron chi connectivity index (χ3n) is 10.1. The van der Waals surface area contributed by atoms with Crippen LogP contribution in [0.25, 0.3) is 44.6 Å². The highest BCUT2D eigenvalue weighted by Gasteiger charge is 2.33. The van der Waals surface area contributed by atoms with E-state index in [2.05, 4.69) is 72.8 Å². The molecule has 4 amide bonds. The summed E-state index contributed by atoms with van der Waals surface area (Å²) in [5.74, 6) is 0.745. The number of benzene rings is 2. The Bertz CT molecular complexity index is 2750. The number of aromatic amines is 2. The molecule has 0 radical (unpaired) electrons.